The van der Waals surface area contributed by atoms with Gasteiger partial charge in [0.25, 0.3) is 0 Å². The fourth-order valence-corrected chi connectivity index (χ4v) is 3.56. The van der Waals surface area contributed by atoms with Crippen LogP contribution in [0.3, 0.4) is 0 Å². The van der Waals surface area contributed by atoms with E-state index in [2.05, 4.69) is 6.92 Å². The van der Waals surface area contributed by atoms with E-state index in [1.165, 1.54) is 19.1 Å². The maximum atomic E-state index is 11.0. The van der Waals surface area contributed by atoms with E-state index in [9.17, 15) is 8.42 Å². The van der Waals surface area contributed by atoms with Crippen LogP contribution in [0.25, 0.3) is 0 Å². The Kier molecular flexibility index (Phi) is 2.28. The van der Waals surface area contributed by atoms with Crippen LogP contribution in [-0.4, -0.2) is 20.4 Å². The van der Waals surface area contributed by atoms with Crippen LogP contribution < -0.4 is 0 Å². The van der Waals surface area contributed by atoms with Gasteiger partial charge in [-0.1, -0.05) is 19.8 Å². The molecule has 0 bridgehead atoms. The fourth-order valence-electron chi connectivity index (χ4n) is 2.01. The average molecular weight is 176 g/mol. The van der Waals surface area contributed by atoms with E-state index in [0.29, 0.717) is 5.75 Å². The SMILES string of the molecule is CC1(CS(C)(=O)=O)CCCC1. The lowest BCUT2D eigenvalue weighted by Gasteiger charge is -2.21. The van der Waals surface area contributed by atoms with E-state index in [-0.39, 0.29) is 5.41 Å². The van der Waals surface area contributed by atoms with Gasteiger partial charge >= 0.3 is 0 Å². The van der Waals surface area contributed by atoms with Crippen molar-refractivity contribution in [2.75, 3.05) is 12.0 Å². The number of hydrogen-bond acceptors (Lipinski definition) is 2. The Hall–Kier alpha value is -0.0500. The summed E-state index contributed by atoms with van der Waals surface area (Å²) in [5.74, 6) is 0.375. The highest BCUT2D eigenvalue weighted by molar-refractivity contribution is 7.90. The first-order chi connectivity index (χ1) is 4.91. The van der Waals surface area contributed by atoms with Gasteiger partial charge in [0.2, 0.25) is 0 Å². The predicted molar refractivity (Wildman–Crippen MR) is 46.3 cm³/mol. The van der Waals surface area contributed by atoms with Crippen LogP contribution in [0.4, 0.5) is 0 Å². The molecule has 0 aromatic heterocycles. The molecule has 1 fully saturated rings. The van der Waals surface area contributed by atoms with Gasteiger partial charge in [-0.2, -0.15) is 0 Å². The standard InChI is InChI=1S/C8H16O2S/c1-8(5-3-4-6-8)7-11(2,9)10/h3-7H2,1-2H3. The molecule has 0 aromatic carbocycles. The molecule has 66 valence electrons. The van der Waals surface area contributed by atoms with E-state index in [1.807, 2.05) is 0 Å². The molecule has 1 aliphatic rings. The highest BCUT2D eigenvalue weighted by Crippen LogP contribution is 2.38. The first kappa shape index (κ1) is 9.04. The van der Waals surface area contributed by atoms with Crippen molar-refractivity contribution < 1.29 is 8.42 Å². The smallest absolute Gasteiger partial charge is 0.147 e. The molecular formula is C8H16O2S. The van der Waals surface area contributed by atoms with Crippen molar-refractivity contribution in [3.05, 3.63) is 0 Å². The summed E-state index contributed by atoms with van der Waals surface area (Å²) >= 11 is 0. The van der Waals surface area contributed by atoms with Crippen molar-refractivity contribution >= 4 is 9.84 Å². The normalized spacial score (nSPS) is 23.8. The second-order valence-corrected chi connectivity index (χ2v) is 6.23. The van der Waals surface area contributed by atoms with Crippen LogP contribution in [0.2, 0.25) is 0 Å². The molecule has 1 saturated carbocycles. The predicted octanol–water partition coefficient (Wildman–Crippen LogP) is 1.61. The minimum atomic E-state index is -2.77. The molecule has 0 radical (unpaired) electrons. The Morgan fingerprint density at radius 3 is 2.09 bits per heavy atom. The van der Waals surface area contributed by atoms with Gasteiger partial charge in [-0.15, -0.1) is 0 Å². The van der Waals surface area contributed by atoms with Crippen molar-refractivity contribution in [3.8, 4) is 0 Å². The summed E-state index contributed by atoms with van der Waals surface area (Å²) in [6, 6.07) is 0. The molecule has 1 rings (SSSR count). The molecule has 1 aliphatic carbocycles. The first-order valence-corrected chi connectivity index (χ1v) is 6.15. The number of sulfone groups is 1. The van der Waals surface area contributed by atoms with E-state index >= 15 is 0 Å². The van der Waals surface area contributed by atoms with Crippen LogP contribution >= 0.6 is 0 Å². The summed E-state index contributed by atoms with van der Waals surface area (Å²) in [5.41, 5.74) is 0.0909. The van der Waals surface area contributed by atoms with Crippen LogP contribution in [0.1, 0.15) is 32.6 Å². The quantitative estimate of drug-likeness (QED) is 0.640. The van der Waals surface area contributed by atoms with E-state index in [1.54, 1.807) is 0 Å². The molecule has 11 heavy (non-hydrogen) atoms. The summed E-state index contributed by atoms with van der Waals surface area (Å²) in [5, 5.41) is 0. The third-order valence-electron chi connectivity index (χ3n) is 2.42. The van der Waals surface area contributed by atoms with Gasteiger partial charge in [0.1, 0.15) is 9.84 Å². The molecule has 0 heterocycles. The summed E-state index contributed by atoms with van der Waals surface area (Å²) in [4.78, 5) is 0. The van der Waals surface area contributed by atoms with Gasteiger partial charge in [-0.05, 0) is 18.3 Å². The van der Waals surface area contributed by atoms with Gasteiger partial charge in [0.15, 0.2) is 0 Å². The van der Waals surface area contributed by atoms with Crippen LogP contribution in [0.5, 0.6) is 0 Å². The summed E-state index contributed by atoms with van der Waals surface area (Å²) in [6.07, 6.45) is 5.90. The van der Waals surface area contributed by atoms with Gasteiger partial charge in [0.05, 0.1) is 5.75 Å². The highest BCUT2D eigenvalue weighted by atomic mass is 32.2. The molecule has 0 unspecified atom stereocenters. The molecule has 0 saturated heterocycles. The molecule has 0 aliphatic heterocycles. The molecule has 0 N–H and O–H groups in total. The molecule has 2 nitrogen and oxygen atoms in total. The van der Waals surface area contributed by atoms with Crippen molar-refractivity contribution in [3.63, 3.8) is 0 Å². The minimum absolute atomic E-state index is 0.0909. The lowest BCUT2D eigenvalue weighted by atomic mass is 9.92. The Morgan fingerprint density at radius 1 is 1.27 bits per heavy atom. The van der Waals surface area contributed by atoms with Crippen LogP contribution in [0.15, 0.2) is 0 Å². The van der Waals surface area contributed by atoms with E-state index < -0.39 is 9.84 Å². The van der Waals surface area contributed by atoms with Crippen LogP contribution in [0, 0.1) is 5.41 Å². The third-order valence-corrected chi connectivity index (χ3v) is 3.64. The Labute approximate surface area is 68.9 Å². The summed E-state index contributed by atoms with van der Waals surface area (Å²) in [6.45, 7) is 2.08. The zero-order valence-corrected chi connectivity index (χ0v) is 8.08. The van der Waals surface area contributed by atoms with Crippen LogP contribution in [-0.2, 0) is 9.84 Å². The maximum Gasteiger partial charge on any atom is 0.147 e. The second kappa shape index (κ2) is 2.77. The first-order valence-electron chi connectivity index (χ1n) is 4.09. The summed E-state index contributed by atoms with van der Waals surface area (Å²) in [7, 11) is -2.77. The largest absolute Gasteiger partial charge is 0.229 e. The number of rotatable bonds is 2. The third kappa shape index (κ3) is 2.81. The topological polar surface area (TPSA) is 34.1 Å². The van der Waals surface area contributed by atoms with Gasteiger partial charge < -0.3 is 0 Å². The van der Waals surface area contributed by atoms with E-state index in [0.717, 1.165) is 12.8 Å². The Balaban J connectivity index is 2.60. The average Bonchev–Trinajstić information content (AvgIpc) is 2.09. The lowest BCUT2D eigenvalue weighted by molar-refractivity contribution is 0.383. The molecule has 0 spiro atoms. The van der Waals surface area contributed by atoms with Gasteiger partial charge in [0, 0.05) is 6.26 Å². The molecule has 3 heteroatoms. The lowest BCUT2D eigenvalue weighted by Crippen LogP contribution is -2.22. The molecular weight excluding hydrogens is 160 g/mol. The Morgan fingerprint density at radius 2 is 1.73 bits per heavy atom. The van der Waals surface area contributed by atoms with E-state index in [4.69, 9.17) is 0 Å². The van der Waals surface area contributed by atoms with Crippen molar-refractivity contribution in [2.24, 2.45) is 5.41 Å². The van der Waals surface area contributed by atoms with Gasteiger partial charge in [-0.25, -0.2) is 8.42 Å². The molecule has 0 atom stereocenters. The van der Waals surface area contributed by atoms with Crippen molar-refractivity contribution in [1.29, 1.82) is 0 Å². The number of hydrogen-bond donors (Lipinski definition) is 0. The van der Waals surface area contributed by atoms with Crippen molar-refractivity contribution in [2.45, 2.75) is 32.6 Å². The monoisotopic (exact) mass is 176 g/mol. The molecule has 0 aromatic rings. The second-order valence-electron chi connectivity index (χ2n) is 4.09. The maximum absolute atomic E-state index is 11.0. The summed E-state index contributed by atoms with van der Waals surface area (Å²) < 4.78 is 22.0. The zero-order valence-electron chi connectivity index (χ0n) is 7.26. The highest BCUT2D eigenvalue weighted by Gasteiger charge is 2.31. The minimum Gasteiger partial charge on any atom is -0.229 e. The Bertz CT molecular complexity index is 222. The van der Waals surface area contributed by atoms with Crippen molar-refractivity contribution in [1.82, 2.24) is 0 Å². The zero-order chi connectivity index (χ0) is 8.54. The molecule has 0 amide bonds. The fraction of sp³-hybridized carbons (Fsp3) is 1.00. The van der Waals surface area contributed by atoms with Gasteiger partial charge in [-0.3, -0.25) is 0 Å².